The maximum atomic E-state index is 5.71. The van der Waals surface area contributed by atoms with Gasteiger partial charge in [-0.2, -0.15) is 0 Å². The van der Waals surface area contributed by atoms with E-state index < -0.39 is 0 Å². The summed E-state index contributed by atoms with van der Waals surface area (Å²) in [5, 5.41) is 11.7. The minimum atomic E-state index is 0.466. The van der Waals surface area contributed by atoms with Crippen molar-refractivity contribution in [2.24, 2.45) is 5.92 Å². The molecular weight excluding hydrogens is 264 g/mol. The predicted molar refractivity (Wildman–Crippen MR) is 81.1 cm³/mol. The van der Waals surface area contributed by atoms with Crippen LogP contribution in [0.15, 0.2) is 30.5 Å². The molecule has 1 saturated heterocycles. The molecule has 1 fully saturated rings. The molecule has 21 heavy (non-hydrogen) atoms. The second-order valence-electron chi connectivity index (χ2n) is 5.72. The van der Waals surface area contributed by atoms with Gasteiger partial charge in [0.05, 0.1) is 6.20 Å². The van der Waals surface area contributed by atoms with E-state index in [0.717, 1.165) is 43.4 Å². The molecule has 112 valence electrons. The lowest BCUT2D eigenvalue weighted by molar-refractivity contribution is 0.301. The van der Waals surface area contributed by atoms with E-state index >= 15 is 0 Å². The van der Waals surface area contributed by atoms with Gasteiger partial charge in [-0.05, 0) is 50.9 Å². The van der Waals surface area contributed by atoms with Gasteiger partial charge in [0.25, 0.3) is 0 Å². The van der Waals surface area contributed by atoms with Gasteiger partial charge in [-0.3, -0.25) is 4.68 Å². The third kappa shape index (κ3) is 4.04. The molecule has 1 aromatic heterocycles. The standard InChI is InChI=1S/C16H22N4O/c1-13-2-4-16(5-3-13)21-12-15-11-20(19-18-15)9-7-14-6-8-17-10-14/h2-5,11,14,17H,6-10,12H2,1H3. The van der Waals surface area contributed by atoms with Crippen LogP contribution in [-0.2, 0) is 13.2 Å². The summed E-state index contributed by atoms with van der Waals surface area (Å²) in [6.45, 7) is 5.75. The molecule has 1 aliphatic rings. The molecule has 0 aliphatic carbocycles. The van der Waals surface area contributed by atoms with Crippen LogP contribution in [0.1, 0.15) is 24.1 Å². The highest BCUT2D eigenvalue weighted by atomic mass is 16.5. The van der Waals surface area contributed by atoms with Crippen molar-refractivity contribution in [3.05, 3.63) is 41.7 Å². The third-order valence-corrected chi connectivity index (χ3v) is 3.92. The van der Waals surface area contributed by atoms with Crippen molar-refractivity contribution in [3.63, 3.8) is 0 Å². The van der Waals surface area contributed by atoms with E-state index in [2.05, 4.69) is 22.6 Å². The van der Waals surface area contributed by atoms with Gasteiger partial charge in [0.1, 0.15) is 18.1 Å². The Morgan fingerprint density at radius 2 is 2.19 bits per heavy atom. The lowest BCUT2D eigenvalue weighted by atomic mass is 10.1. The Hall–Kier alpha value is -1.88. The van der Waals surface area contributed by atoms with Crippen molar-refractivity contribution in [3.8, 4) is 5.75 Å². The molecule has 1 aromatic carbocycles. The van der Waals surface area contributed by atoms with Gasteiger partial charge in [0, 0.05) is 6.54 Å². The highest BCUT2D eigenvalue weighted by Crippen LogP contribution is 2.14. The molecule has 3 rings (SSSR count). The minimum Gasteiger partial charge on any atom is -0.487 e. The monoisotopic (exact) mass is 286 g/mol. The van der Waals surface area contributed by atoms with Crippen LogP contribution in [0.3, 0.4) is 0 Å². The van der Waals surface area contributed by atoms with Crippen LogP contribution in [-0.4, -0.2) is 28.1 Å². The Morgan fingerprint density at radius 1 is 1.33 bits per heavy atom. The van der Waals surface area contributed by atoms with Crippen LogP contribution in [0.5, 0.6) is 5.75 Å². The smallest absolute Gasteiger partial charge is 0.134 e. The Labute approximate surface area is 125 Å². The first-order valence-electron chi connectivity index (χ1n) is 7.59. The number of rotatable bonds is 6. The van der Waals surface area contributed by atoms with Crippen molar-refractivity contribution >= 4 is 0 Å². The highest BCUT2D eigenvalue weighted by Gasteiger charge is 2.14. The maximum Gasteiger partial charge on any atom is 0.134 e. The average molecular weight is 286 g/mol. The van der Waals surface area contributed by atoms with Crippen molar-refractivity contribution in [2.75, 3.05) is 13.1 Å². The fraction of sp³-hybridized carbons (Fsp3) is 0.500. The third-order valence-electron chi connectivity index (χ3n) is 3.92. The summed E-state index contributed by atoms with van der Waals surface area (Å²) in [6.07, 6.45) is 4.42. The number of hydrogen-bond acceptors (Lipinski definition) is 4. The van der Waals surface area contributed by atoms with E-state index in [1.54, 1.807) is 0 Å². The summed E-state index contributed by atoms with van der Waals surface area (Å²) in [5.74, 6) is 1.65. The van der Waals surface area contributed by atoms with E-state index in [0.29, 0.717) is 6.61 Å². The Morgan fingerprint density at radius 3 is 2.95 bits per heavy atom. The van der Waals surface area contributed by atoms with E-state index in [1.807, 2.05) is 35.1 Å². The molecule has 0 spiro atoms. The zero-order valence-electron chi connectivity index (χ0n) is 12.5. The van der Waals surface area contributed by atoms with E-state index in [4.69, 9.17) is 4.74 Å². The normalized spacial score (nSPS) is 18.0. The van der Waals surface area contributed by atoms with Gasteiger partial charge in [0.2, 0.25) is 0 Å². The summed E-state index contributed by atoms with van der Waals surface area (Å²) >= 11 is 0. The van der Waals surface area contributed by atoms with Gasteiger partial charge in [0.15, 0.2) is 0 Å². The first-order chi connectivity index (χ1) is 10.3. The average Bonchev–Trinajstić information content (AvgIpc) is 3.16. The number of aromatic nitrogens is 3. The van der Waals surface area contributed by atoms with E-state index in [-0.39, 0.29) is 0 Å². The second-order valence-corrected chi connectivity index (χ2v) is 5.72. The second kappa shape index (κ2) is 6.72. The molecule has 0 radical (unpaired) electrons. The highest BCUT2D eigenvalue weighted by molar-refractivity contribution is 5.26. The lowest BCUT2D eigenvalue weighted by Gasteiger charge is -2.06. The molecule has 2 aromatic rings. The van der Waals surface area contributed by atoms with Gasteiger partial charge < -0.3 is 10.1 Å². The van der Waals surface area contributed by atoms with Crippen molar-refractivity contribution in [1.82, 2.24) is 20.3 Å². The minimum absolute atomic E-state index is 0.466. The molecule has 5 heteroatoms. The van der Waals surface area contributed by atoms with E-state index in [9.17, 15) is 0 Å². The van der Waals surface area contributed by atoms with Crippen molar-refractivity contribution in [2.45, 2.75) is 32.9 Å². The van der Waals surface area contributed by atoms with Gasteiger partial charge in [-0.15, -0.1) is 5.10 Å². The van der Waals surface area contributed by atoms with Gasteiger partial charge >= 0.3 is 0 Å². The van der Waals surface area contributed by atoms with Gasteiger partial charge in [-0.25, -0.2) is 0 Å². The Bertz CT molecular complexity index is 558. The number of benzene rings is 1. The van der Waals surface area contributed by atoms with Crippen LogP contribution < -0.4 is 10.1 Å². The zero-order valence-corrected chi connectivity index (χ0v) is 12.5. The largest absolute Gasteiger partial charge is 0.487 e. The molecular formula is C16H22N4O. The van der Waals surface area contributed by atoms with Crippen LogP contribution in [0.2, 0.25) is 0 Å². The zero-order chi connectivity index (χ0) is 14.5. The van der Waals surface area contributed by atoms with Gasteiger partial charge in [-0.1, -0.05) is 22.9 Å². The summed E-state index contributed by atoms with van der Waals surface area (Å²) in [5.41, 5.74) is 2.11. The summed E-state index contributed by atoms with van der Waals surface area (Å²) in [4.78, 5) is 0. The summed E-state index contributed by atoms with van der Waals surface area (Å²) in [6, 6.07) is 8.04. The molecule has 0 bridgehead atoms. The van der Waals surface area contributed by atoms with Crippen molar-refractivity contribution in [1.29, 1.82) is 0 Å². The quantitative estimate of drug-likeness (QED) is 0.884. The summed E-state index contributed by atoms with van der Waals surface area (Å²) < 4.78 is 7.64. The van der Waals surface area contributed by atoms with Crippen LogP contribution in [0, 0.1) is 12.8 Å². The lowest BCUT2D eigenvalue weighted by Crippen LogP contribution is -2.11. The number of nitrogens with zero attached hydrogens (tertiary/aromatic N) is 3. The topological polar surface area (TPSA) is 52.0 Å². The Balaban J connectivity index is 1.46. The number of ether oxygens (including phenoxy) is 1. The van der Waals surface area contributed by atoms with Crippen LogP contribution in [0.25, 0.3) is 0 Å². The fourth-order valence-corrected chi connectivity index (χ4v) is 2.58. The van der Waals surface area contributed by atoms with Crippen LogP contribution in [0.4, 0.5) is 0 Å². The molecule has 2 heterocycles. The molecule has 0 amide bonds. The van der Waals surface area contributed by atoms with E-state index in [1.165, 1.54) is 12.0 Å². The Kier molecular flexibility index (Phi) is 4.50. The molecule has 0 saturated carbocycles. The fourth-order valence-electron chi connectivity index (χ4n) is 2.58. The molecule has 1 atom stereocenters. The number of hydrogen-bond donors (Lipinski definition) is 1. The molecule has 1 N–H and O–H groups in total. The molecule has 1 unspecified atom stereocenters. The first kappa shape index (κ1) is 14.1. The summed E-state index contributed by atoms with van der Waals surface area (Å²) in [7, 11) is 0. The number of nitrogens with one attached hydrogen (secondary N) is 1. The number of aryl methyl sites for hydroxylation is 2. The SMILES string of the molecule is Cc1ccc(OCc2cn(CCC3CCNC3)nn2)cc1. The van der Waals surface area contributed by atoms with Crippen molar-refractivity contribution < 1.29 is 4.74 Å². The predicted octanol–water partition coefficient (Wildman–Crippen LogP) is 2.17. The van der Waals surface area contributed by atoms with Crippen LogP contribution >= 0.6 is 0 Å². The molecule has 1 aliphatic heterocycles. The maximum absolute atomic E-state index is 5.71. The molecule has 5 nitrogen and oxygen atoms in total. The first-order valence-corrected chi connectivity index (χ1v) is 7.59.